The van der Waals surface area contributed by atoms with Crippen LogP contribution in [0.3, 0.4) is 0 Å². The van der Waals surface area contributed by atoms with Crippen molar-refractivity contribution in [3.05, 3.63) is 90.5 Å². The number of hydrogen-bond acceptors (Lipinski definition) is 7. The van der Waals surface area contributed by atoms with Crippen LogP contribution in [0.25, 0.3) is 0 Å². The van der Waals surface area contributed by atoms with Gasteiger partial charge in [0.1, 0.15) is 49.7 Å². The molecule has 38 heavy (non-hydrogen) atoms. The van der Waals surface area contributed by atoms with Crippen LogP contribution in [0.1, 0.15) is 16.8 Å². The molecule has 3 aromatic carbocycles. The Morgan fingerprint density at radius 3 is 2.03 bits per heavy atom. The van der Waals surface area contributed by atoms with E-state index in [1.807, 2.05) is 48.5 Å². The predicted molar refractivity (Wildman–Crippen MR) is 139 cm³/mol. The van der Waals surface area contributed by atoms with Gasteiger partial charge in [0.15, 0.2) is 0 Å². The molecule has 4 rings (SSSR count). The van der Waals surface area contributed by atoms with E-state index in [1.54, 1.807) is 36.4 Å². The number of nitrogens with one attached hydrogen (secondary N) is 1. The number of carbonyl (C=O) groups is 3. The third-order valence-corrected chi connectivity index (χ3v) is 5.78. The van der Waals surface area contributed by atoms with Crippen molar-refractivity contribution in [1.82, 2.24) is 10.2 Å². The van der Waals surface area contributed by atoms with Gasteiger partial charge in [-0.15, -0.1) is 0 Å². The number of benzene rings is 3. The molecule has 9 heteroatoms. The van der Waals surface area contributed by atoms with Gasteiger partial charge < -0.3 is 29.2 Å². The van der Waals surface area contributed by atoms with Crippen LogP contribution in [-0.2, 0) is 14.3 Å². The number of rotatable bonds is 12. The number of hydrogen-bond donors (Lipinski definition) is 1. The highest BCUT2D eigenvalue weighted by Gasteiger charge is 2.36. The van der Waals surface area contributed by atoms with Crippen molar-refractivity contribution in [2.45, 2.75) is 12.5 Å². The molecule has 198 valence electrons. The van der Waals surface area contributed by atoms with Gasteiger partial charge >= 0.3 is 5.97 Å². The molecule has 0 radical (unpaired) electrons. The Balaban J connectivity index is 1.32. The first kappa shape index (κ1) is 26.5. The van der Waals surface area contributed by atoms with E-state index in [4.69, 9.17) is 18.9 Å². The molecule has 0 bridgehead atoms. The molecule has 1 N–H and O–H groups in total. The second-order valence-electron chi connectivity index (χ2n) is 8.40. The quantitative estimate of drug-likeness (QED) is 0.290. The number of ether oxygens (including phenoxy) is 4. The summed E-state index contributed by atoms with van der Waals surface area (Å²) in [6, 6.07) is 24.3. The van der Waals surface area contributed by atoms with Crippen LogP contribution in [0.15, 0.2) is 84.9 Å². The van der Waals surface area contributed by atoms with E-state index in [0.717, 1.165) is 5.75 Å². The minimum atomic E-state index is -0.992. The first-order chi connectivity index (χ1) is 18.6. The summed E-state index contributed by atoms with van der Waals surface area (Å²) in [6.07, 6.45) is -0.267. The first-order valence-corrected chi connectivity index (χ1v) is 12.4. The molecule has 1 atom stereocenters. The molecule has 9 nitrogen and oxygen atoms in total. The molecular formula is C29H30N2O7. The maximum atomic E-state index is 13.5. The summed E-state index contributed by atoms with van der Waals surface area (Å²) < 4.78 is 22.3. The molecule has 1 saturated heterocycles. The fourth-order valence-corrected chi connectivity index (χ4v) is 3.96. The number of nitrogens with zero attached hydrogens (tertiary/aromatic N) is 1. The van der Waals surface area contributed by atoms with Gasteiger partial charge in [-0.05, 0) is 36.4 Å². The van der Waals surface area contributed by atoms with Crippen molar-refractivity contribution >= 4 is 17.8 Å². The average Bonchev–Trinajstić information content (AvgIpc) is 2.95. The van der Waals surface area contributed by atoms with E-state index < -0.39 is 23.8 Å². The first-order valence-electron chi connectivity index (χ1n) is 12.4. The smallest absolute Gasteiger partial charge is 0.308 e. The van der Waals surface area contributed by atoms with Gasteiger partial charge in [-0.2, -0.15) is 0 Å². The largest absolute Gasteiger partial charge is 0.490 e. The second kappa shape index (κ2) is 13.7. The van der Waals surface area contributed by atoms with Crippen molar-refractivity contribution in [1.29, 1.82) is 0 Å². The number of carbonyl (C=O) groups excluding carboxylic acids is 3. The van der Waals surface area contributed by atoms with Gasteiger partial charge in [0.25, 0.3) is 5.91 Å². The zero-order valence-electron chi connectivity index (χ0n) is 20.9. The summed E-state index contributed by atoms with van der Waals surface area (Å²) in [6.45, 7) is 1.26. The van der Waals surface area contributed by atoms with Crippen molar-refractivity contribution in [2.24, 2.45) is 0 Å². The number of esters is 1. The lowest BCUT2D eigenvalue weighted by atomic mass is 10.1. The van der Waals surface area contributed by atoms with E-state index >= 15 is 0 Å². The zero-order chi connectivity index (χ0) is 26.6. The number of amides is 2. The van der Waals surface area contributed by atoms with Crippen molar-refractivity contribution in [3.63, 3.8) is 0 Å². The lowest BCUT2D eigenvalue weighted by Gasteiger charge is -2.34. The topological polar surface area (TPSA) is 103 Å². The average molecular weight is 519 g/mol. The van der Waals surface area contributed by atoms with Gasteiger partial charge in [-0.1, -0.05) is 48.5 Å². The van der Waals surface area contributed by atoms with Gasteiger partial charge in [-0.25, -0.2) is 0 Å². The Bertz CT molecular complexity index is 1200. The summed E-state index contributed by atoms with van der Waals surface area (Å²) in [5, 5.41) is 2.72. The van der Waals surface area contributed by atoms with Gasteiger partial charge in [-0.3, -0.25) is 14.4 Å². The summed E-state index contributed by atoms with van der Waals surface area (Å²) in [5.74, 6) is 0.366. The Morgan fingerprint density at radius 2 is 1.34 bits per heavy atom. The third-order valence-electron chi connectivity index (χ3n) is 5.78. The molecule has 0 aromatic heterocycles. The minimum Gasteiger partial charge on any atom is -0.490 e. The summed E-state index contributed by atoms with van der Waals surface area (Å²) in [5.41, 5.74) is 0.302. The van der Waals surface area contributed by atoms with Crippen molar-refractivity contribution in [3.8, 4) is 17.2 Å². The zero-order valence-corrected chi connectivity index (χ0v) is 20.9. The monoisotopic (exact) mass is 518 g/mol. The maximum absolute atomic E-state index is 13.5. The molecule has 1 heterocycles. The summed E-state index contributed by atoms with van der Waals surface area (Å²) in [4.78, 5) is 40.0. The highest BCUT2D eigenvalue weighted by Crippen LogP contribution is 2.23. The Labute approximate surface area is 221 Å². The Hall–Kier alpha value is -4.53. The Kier molecular flexibility index (Phi) is 9.56. The van der Waals surface area contributed by atoms with Crippen LogP contribution in [0, 0.1) is 0 Å². The van der Waals surface area contributed by atoms with E-state index in [1.165, 1.54) is 4.90 Å². The fraction of sp³-hybridized carbons (Fsp3) is 0.276. The maximum Gasteiger partial charge on any atom is 0.308 e. The molecule has 1 aliphatic rings. The molecule has 3 aromatic rings. The van der Waals surface area contributed by atoms with Gasteiger partial charge in [0.05, 0.1) is 12.0 Å². The summed E-state index contributed by atoms with van der Waals surface area (Å²) in [7, 11) is 0. The number of para-hydroxylation sites is 3. The van der Waals surface area contributed by atoms with Crippen LogP contribution in [0.4, 0.5) is 0 Å². The van der Waals surface area contributed by atoms with Crippen LogP contribution in [0.5, 0.6) is 17.2 Å². The highest BCUT2D eigenvalue weighted by atomic mass is 16.6. The normalized spacial score (nSPS) is 14.8. The third kappa shape index (κ3) is 7.49. The van der Waals surface area contributed by atoms with E-state index in [9.17, 15) is 14.4 Å². The molecule has 0 saturated carbocycles. The predicted octanol–water partition coefficient (Wildman–Crippen LogP) is 3.10. The van der Waals surface area contributed by atoms with E-state index in [2.05, 4.69) is 5.32 Å². The molecule has 1 aliphatic heterocycles. The lowest BCUT2D eigenvalue weighted by Crippen LogP contribution is -2.57. The molecule has 0 aliphatic carbocycles. The van der Waals surface area contributed by atoms with Crippen LogP contribution in [-0.4, -0.2) is 68.2 Å². The van der Waals surface area contributed by atoms with E-state index in [0.29, 0.717) is 23.7 Å². The fourth-order valence-electron chi connectivity index (χ4n) is 3.96. The van der Waals surface area contributed by atoms with E-state index in [-0.39, 0.29) is 39.3 Å². The molecule has 1 fully saturated rings. The molecule has 0 spiro atoms. The van der Waals surface area contributed by atoms with Crippen molar-refractivity contribution in [2.75, 3.05) is 39.5 Å². The standard InChI is InChI=1S/C29H30N2O7/c32-27(38-20-18-36-23-11-5-2-6-12-23)21-25-28(33)30-15-16-31(25)29(34)24-13-7-8-14-26(24)37-19-17-35-22-9-3-1-4-10-22/h1-14,25H,15-21H2,(H,30,33). The van der Waals surface area contributed by atoms with Crippen LogP contribution >= 0.6 is 0 Å². The molecular weight excluding hydrogens is 488 g/mol. The van der Waals surface area contributed by atoms with Gasteiger partial charge in [0.2, 0.25) is 5.91 Å². The van der Waals surface area contributed by atoms with Crippen LogP contribution in [0.2, 0.25) is 0 Å². The van der Waals surface area contributed by atoms with Crippen LogP contribution < -0.4 is 19.5 Å². The highest BCUT2D eigenvalue weighted by molar-refractivity contribution is 6.01. The lowest BCUT2D eigenvalue weighted by molar-refractivity contribution is -0.148. The van der Waals surface area contributed by atoms with Crippen molar-refractivity contribution < 1.29 is 33.3 Å². The Morgan fingerprint density at radius 1 is 0.763 bits per heavy atom. The SMILES string of the molecule is O=C(CC1C(=O)NCCN1C(=O)c1ccccc1OCCOc1ccccc1)OCCOc1ccccc1. The second-order valence-corrected chi connectivity index (χ2v) is 8.40. The van der Waals surface area contributed by atoms with Gasteiger partial charge in [0, 0.05) is 13.1 Å². The molecule has 2 amide bonds. The number of piperazine rings is 1. The minimum absolute atomic E-state index is 0.0255. The molecule has 1 unspecified atom stereocenters. The summed E-state index contributed by atoms with van der Waals surface area (Å²) >= 11 is 0.